The second kappa shape index (κ2) is 3.99. The lowest BCUT2D eigenvalue weighted by Gasteiger charge is -1.94. The van der Waals surface area contributed by atoms with Crippen LogP contribution in [0.15, 0.2) is 11.3 Å². The van der Waals surface area contributed by atoms with Gasteiger partial charge >= 0.3 is 0 Å². The highest BCUT2D eigenvalue weighted by Gasteiger charge is 1.98. The van der Waals surface area contributed by atoms with Crippen molar-refractivity contribution >= 4 is 23.5 Å². The van der Waals surface area contributed by atoms with Gasteiger partial charge in [0.25, 0.3) is 0 Å². The number of hydrazone groups is 1. The van der Waals surface area contributed by atoms with Crippen molar-refractivity contribution in [3.05, 3.63) is 17.5 Å². The molecule has 0 atom stereocenters. The van der Waals surface area contributed by atoms with Gasteiger partial charge in [0, 0.05) is 18.3 Å². The summed E-state index contributed by atoms with van der Waals surface area (Å²) in [7, 11) is 1.87. The van der Waals surface area contributed by atoms with E-state index in [0.717, 1.165) is 11.3 Å². The van der Waals surface area contributed by atoms with Crippen LogP contribution in [0.2, 0.25) is 0 Å². The molecule has 5 nitrogen and oxygen atoms in total. The van der Waals surface area contributed by atoms with Crippen LogP contribution in [0.25, 0.3) is 0 Å². The molecular formula is C7H11N5S. The highest BCUT2D eigenvalue weighted by molar-refractivity contribution is 7.80. The van der Waals surface area contributed by atoms with Crippen molar-refractivity contribution in [2.24, 2.45) is 17.9 Å². The Bertz CT molecular complexity index is 341. The Labute approximate surface area is 81.6 Å². The number of nitrogens with one attached hydrogen (secondary N) is 1. The van der Waals surface area contributed by atoms with Crippen molar-refractivity contribution in [3.63, 3.8) is 0 Å². The van der Waals surface area contributed by atoms with E-state index in [2.05, 4.69) is 27.8 Å². The standard InChI is InChI=1S/C7H11N5S/c1-5-6(4-10-12(5)2)3-9-11-7(8)13/h3-4H,1-2H3,(H3,8,11,13). The largest absolute Gasteiger partial charge is 0.375 e. The van der Waals surface area contributed by atoms with E-state index in [0.29, 0.717) is 0 Å². The Balaban J connectivity index is 2.69. The lowest BCUT2D eigenvalue weighted by Crippen LogP contribution is -2.24. The van der Waals surface area contributed by atoms with Gasteiger partial charge in [0.2, 0.25) is 0 Å². The summed E-state index contributed by atoms with van der Waals surface area (Å²) in [4.78, 5) is 0. The smallest absolute Gasteiger partial charge is 0.184 e. The Morgan fingerprint density at radius 3 is 3.00 bits per heavy atom. The van der Waals surface area contributed by atoms with Gasteiger partial charge in [-0.25, -0.2) is 0 Å². The van der Waals surface area contributed by atoms with Crippen LogP contribution in [0.4, 0.5) is 0 Å². The molecule has 3 N–H and O–H groups in total. The third-order valence-corrected chi connectivity index (χ3v) is 1.74. The summed E-state index contributed by atoms with van der Waals surface area (Å²) in [5.74, 6) is 0. The average Bonchev–Trinajstić information content (AvgIpc) is 2.35. The summed E-state index contributed by atoms with van der Waals surface area (Å²) >= 11 is 4.58. The average molecular weight is 197 g/mol. The SMILES string of the molecule is Cc1c(C=NNC(N)=S)cnn1C. The quantitative estimate of drug-likeness (QED) is 0.394. The summed E-state index contributed by atoms with van der Waals surface area (Å²) in [5, 5.41) is 8.02. The molecule has 0 spiro atoms. The van der Waals surface area contributed by atoms with E-state index in [4.69, 9.17) is 5.73 Å². The van der Waals surface area contributed by atoms with Gasteiger partial charge in [0.15, 0.2) is 5.11 Å². The first-order valence-electron chi connectivity index (χ1n) is 3.68. The molecule has 0 unspecified atom stereocenters. The summed E-state index contributed by atoms with van der Waals surface area (Å²) in [5.41, 5.74) is 9.63. The molecule has 1 heterocycles. The predicted molar refractivity (Wildman–Crippen MR) is 55.5 cm³/mol. The molecule has 0 aliphatic rings. The maximum Gasteiger partial charge on any atom is 0.184 e. The Morgan fingerprint density at radius 1 is 1.85 bits per heavy atom. The van der Waals surface area contributed by atoms with Crippen molar-refractivity contribution < 1.29 is 0 Å². The number of hydrogen-bond acceptors (Lipinski definition) is 3. The van der Waals surface area contributed by atoms with Crippen molar-refractivity contribution in [2.75, 3.05) is 0 Å². The second-order valence-electron chi connectivity index (χ2n) is 2.54. The number of nitrogens with two attached hydrogens (primary N) is 1. The van der Waals surface area contributed by atoms with Gasteiger partial charge in [-0.15, -0.1) is 0 Å². The second-order valence-corrected chi connectivity index (χ2v) is 2.98. The third kappa shape index (κ3) is 2.51. The molecule has 1 aromatic heterocycles. The minimum Gasteiger partial charge on any atom is -0.375 e. The Hall–Kier alpha value is -1.43. The fourth-order valence-electron chi connectivity index (χ4n) is 0.808. The molecule has 13 heavy (non-hydrogen) atoms. The van der Waals surface area contributed by atoms with Crippen LogP contribution in [0.1, 0.15) is 11.3 Å². The van der Waals surface area contributed by atoms with Gasteiger partial charge in [0.1, 0.15) is 0 Å². The van der Waals surface area contributed by atoms with E-state index in [1.165, 1.54) is 0 Å². The van der Waals surface area contributed by atoms with Crippen molar-refractivity contribution in [3.8, 4) is 0 Å². The van der Waals surface area contributed by atoms with Gasteiger partial charge < -0.3 is 5.73 Å². The zero-order valence-corrected chi connectivity index (χ0v) is 8.30. The zero-order valence-electron chi connectivity index (χ0n) is 7.48. The molecule has 0 bridgehead atoms. The zero-order chi connectivity index (χ0) is 9.84. The normalized spacial score (nSPS) is 10.6. The molecule has 0 aliphatic heterocycles. The summed E-state index contributed by atoms with van der Waals surface area (Å²) in [6.07, 6.45) is 3.35. The number of rotatable bonds is 2. The number of nitrogens with zero attached hydrogens (tertiary/aromatic N) is 3. The Kier molecular flexibility index (Phi) is 2.97. The first-order chi connectivity index (χ1) is 6.11. The number of aryl methyl sites for hydroxylation is 1. The number of hydrogen-bond donors (Lipinski definition) is 2. The van der Waals surface area contributed by atoms with E-state index in [1.807, 2.05) is 14.0 Å². The Morgan fingerprint density at radius 2 is 2.54 bits per heavy atom. The van der Waals surface area contributed by atoms with Crippen LogP contribution in [0.3, 0.4) is 0 Å². The lowest BCUT2D eigenvalue weighted by atomic mass is 10.3. The molecule has 0 fully saturated rings. The van der Waals surface area contributed by atoms with E-state index in [1.54, 1.807) is 17.1 Å². The molecule has 0 saturated heterocycles. The van der Waals surface area contributed by atoms with Crippen molar-refractivity contribution in [2.45, 2.75) is 6.92 Å². The molecule has 0 saturated carbocycles. The third-order valence-electron chi connectivity index (χ3n) is 1.65. The molecule has 0 aliphatic carbocycles. The summed E-state index contributed by atoms with van der Waals surface area (Å²) in [6.45, 7) is 1.95. The fraction of sp³-hybridized carbons (Fsp3) is 0.286. The van der Waals surface area contributed by atoms with E-state index in [9.17, 15) is 0 Å². The van der Waals surface area contributed by atoms with E-state index >= 15 is 0 Å². The molecule has 0 aromatic carbocycles. The van der Waals surface area contributed by atoms with Crippen LogP contribution < -0.4 is 11.2 Å². The summed E-state index contributed by atoms with van der Waals surface area (Å²) < 4.78 is 1.77. The topological polar surface area (TPSA) is 68.2 Å². The number of aromatic nitrogens is 2. The van der Waals surface area contributed by atoms with Gasteiger partial charge in [-0.1, -0.05) is 0 Å². The maximum atomic E-state index is 5.19. The molecule has 0 radical (unpaired) electrons. The predicted octanol–water partition coefficient (Wildman–Crippen LogP) is -0.104. The van der Waals surface area contributed by atoms with Gasteiger partial charge in [-0.3, -0.25) is 10.1 Å². The minimum atomic E-state index is 0.151. The maximum absolute atomic E-state index is 5.19. The first kappa shape index (κ1) is 9.66. The van der Waals surface area contributed by atoms with Crippen molar-refractivity contribution in [1.82, 2.24) is 15.2 Å². The van der Waals surface area contributed by atoms with Crippen LogP contribution in [-0.2, 0) is 7.05 Å². The highest BCUT2D eigenvalue weighted by Crippen LogP contribution is 2.00. The van der Waals surface area contributed by atoms with Gasteiger partial charge in [-0.2, -0.15) is 10.2 Å². The highest BCUT2D eigenvalue weighted by atomic mass is 32.1. The van der Waals surface area contributed by atoms with Crippen LogP contribution >= 0.6 is 12.2 Å². The first-order valence-corrected chi connectivity index (χ1v) is 4.09. The molecule has 6 heteroatoms. The lowest BCUT2D eigenvalue weighted by molar-refractivity contribution is 0.740. The van der Waals surface area contributed by atoms with E-state index < -0.39 is 0 Å². The van der Waals surface area contributed by atoms with Gasteiger partial charge in [0.05, 0.1) is 12.4 Å². The van der Waals surface area contributed by atoms with Crippen LogP contribution in [-0.4, -0.2) is 21.1 Å². The molecular weight excluding hydrogens is 186 g/mol. The van der Waals surface area contributed by atoms with Crippen LogP contribution in [0.5, 0.6) is 0 Å². The van der Waals surface area contributed by atoms with Crippen molar-refractivity contribution in [1.29, 1.82) is 0 Å². The fourth-order valence-corrected chi connectivity index (χ4v) is 0.861. The van der Waals surface area contributed by atoms with Crippen LogP contribution in [0, 0.1) is 6.92 Å². The molecule has 70 valence electrons. The van der Waals surface area contributed by atoms with Gasteiger partial charge in [-0.05, 0) is 19.1 Å². The molecule has 1 rings (SSSR count). The molecule has 0 amide bonds. The number of thiocarbonyl (C=S) groups is 1. The van der Waals surface area contributed by atoms with E-state index in [-0.39, 0.29) is 5.11 Å². The summed E-state index contributed by atoms with van der Waals surface area (Å²) in [6, 6.07) is 0. The minimum absolute atomic E-state index is 0.151. The monoisotopic (exact) mass is 197 g/mol. The molecule has 1 aromatic rings.